The van der Waals surface area contributed by atoms with Crippen LogP contribution in [0.4, 0.5) is 23.0 Å². The Labute approximate surface area is 208 Å². The second kappa shape index (κ2) is 10.4. The lowest BCUT2D eigenvalue weighted by Crippen LogP contribution is -2.21. The number of anilines is 4. The van der Waals surface area contributed by atoms with Gasteiger partial charge in [0.15, 0.2) is 22.2 Å². The van der Waals surface area contributed by atoms with Crippen molar-refractivity contribution in [1.82, 2.24) is 9.78 Å². The maximum atomic E-state index is 13.5. The van der Waals surface area contributed by atoms with E-state index in [1.165, 1.54) is 26.4 Å². The van der Waals surface area contributed by atoms with E-state index in [2.05, 4.69) is 15.7 Å². The number of nitrogen functional groups attached to an aromatic ring is 1. The van der Waals surface area contributed by atoms with Crippen molar-refractivity contribution < 1.29 is 22.7 Å². The van der Waals surface area contributed by atoms with Crippen molar-refractivity contribution >= 4 is 38.8 Å². The van der Waals surface area contributed by atoms with Crippen LogP contribution in [0.25, 0.3) is 0 Å². The van der Waals surface area contributed by atoms with Gasteiger partial charge in [0.1, 0.15) is 12.4 Å². The summed E-state index contributed by atoms with van der Waals surface area (Å²) in [6.45, 7) is -0.325. The van der Waals surface area contributed by atoms with Crippen molar-refractivity contribution in [2.75, 3.05) is 30.6 Å². The van der Waals surface area contributed by atoms with Crippen LogP contribution in [0.2, 0.25) is 0 Å². The van der Waals surface area contributed by atoms with Gasteiger partial charge in [-0.25, -0.2) is 13.1 Å². The van der Waals surface area contributed by atoms with Crippen LogP contribution in [0.1, 0.15) is 0 Å². The Bertz CT molecular complexity index is 1470. The van der Waals surface area contributed by atoms with Gasteiger partial charge in [-0.15, -0.1) is 0 Å². The van der Waals surface area contributed by atoms with Gasteiger partial charge in [0.2, 0.25) is 15.7 Å². The van der Waals surface area contributed by atoms with Gasteiger partial charge >= 0.3 is 0 Å². The number of para-hydroxylation sites is 1. The predicted octanol–water partition coefficient (Wildman–Crippen LogP) is 3.70. The van der Waals surface area contributed by atoms with Crippen LogP contribution in [0.15, 0.2) is 88.7 Å². The molecule has 1 amide bonds. The van der Waals surface area contributed by atoms with Crippen LogP contribution in [0, 0.1) is 0 Å². The van der Waals surface area contributed by atoms with Crippen molar-refractivity contribution in [3.05, 3.63) is 78.9 Å². The number of hydrogen-bond donors (Lipinski definition) is 3. The Kier molecular flexibility index (Phi) is 7.11. The number of methoxy groups -OCH3 is 2. The summed E-state index contributed by atoms with van der Waals surface area (Å²) in [6.07, 6.45) is 0. The molecule has 0 saturated heterocycles. The molecule has 0 saturated carbocycles. The molecule has 11 heteroatoms. The third-order valence-electron chi connectivity index (χ3n) is 5.27. The van der Waals surface area contributed by atoms with Gasteiger partial charge in [-0.05, 0) is 36.4 Å². The number of nitrogens with zero attached hydrogens (tertiary/aromatic N) is 2. The van der Waals surface area contributed by atoms with Crippen LogP contribution in [-0.4, -0.2) is 38.3 Å². The lowest BCUT2D eigenvalue weighted by atomic mass is 10.2. The minimum absolute atomic E-state index is 0.0152. The molecule has 4 aromatic rings. The number of aromatic nitrogens is 2. The van der Waals surface area contributed by atoms with Crippen LogP contribution in [0.5, 0.6) is 11.5 Å². The van der Waals surface area contributed by atoms with Crippen molar-refractivity contribution in [2.24, 2.45) is 0 Å². The van der Waals surface area contributed by atoms with Gasteiger partial charge in [-0.3, -0.25) is 4.79 Å². The first kappa shape index (κ1) is 24.6. The molecule has 0 radical (unpaired) electrons. The summed E-state index contributed by atoms with van der Waals surface area (Å²) >= 11 is 0. The van der Waals surface area contributed by atoms with Crippen LogP contribution >= 0.6 is 0 Å². The standard InChI is InChI=1S/C25H25N5O5S/c1-34-20-14-13-18(15-21(20)35-2)27-22(31)16-30-24(26)23(36(32,33)19-11-7-4-8-12-19)25(29-30)28-17-9-5-3-6-10-17/h3-15H,16,26H2,1-2H3,(H,27,31)(H,28,29). The second-order valence-corrected chi connectivity index (χ2v) is 9.53. The van der Waals surface area contributed by atoms with Gasteiger partial charge in [-0.2, -0.15) is 5.10 Å². The normalized spacial score (nSPS) is 11.1. The zero-order chi connectivity index (χ0) is 25.7. The third-order valence-corrected chi connectivity index (χ3v) is 7.10. The molecule has 1 heterocycles. The number of ether oxygens (including phenoxy) is 2. The zero-order valence-electron chi connectivity index (χ0n) is 19.6. The average Bonchev–Trinajstić information content (AvgIpc) is 3.19. The molecular weight excluding hydrogens is 482 g/mol. The first-order valence-electron chi connectivity index (χ1n) is 10.8. The molecule has 0 aliphatic carbocycles. The van der Waals surface area contributed by atoms with E-state index in [4.69, 9.17) is 15.2 Å². The number of carbonyl (C=O) groups excluding carboxylic acids is 1. The van der Waals surface area contributed by atoms with Crippen LogP contribution in [0.3, 0.4) is 0 Å². The fourth-order valence-electron chi connectivity index (χ4n) is 3.55. The topological polar surface area (TPSA) is 138 Å². The van der Waals surface area contributed by atoms with Gasteiger partial charge in [0.25, 0.3) is 0 Å². The smallest absolute Gasteiger partial charge is 0.246 e. The van der Waals surface area contributed by atoms with Crippen molar-refractivity contribution in [3.63, 3.8) is 0 Å². The fourth-order valence-corrected chi connectivity index (χ4v) is 5.03. The molecule has 10 nitrogen and oxygen atoms in total. The first-order chi connectivity index (χ1) is 17.3. The highest BCUT2D eigenvalue weighted by molar-refractivity contribution is 7.91. The SMILES string of the molecule is COc1ccc(NC(=O)Cn2nc(Nc3ccccc3)c(S(=O)(=O)c3ccccc3)c2N)cc1OC. The Morgan fingerprint density at radius 1 is 0.917 bits per heavy atom. The Balaban J connectivity index is 1.67. The summed E-state index contributed by atoms with van der Waals surface area (Å²) < 4.78 is 38.6. The van der Waals surface area contributed by atoms with E-state index in [-0.39, 0.29) is 28.0 Å². The molecule has 4 rings (SSSR count). The van der Waals surface area contributed by atoms with Crippen molar-refractivity contribution in [1.29, 1.82) is 0 Å². The maximum absolute atomic E-state index is 13.5. The van der Waals surface area contributed by atoms with E-state index in [1.54, 1.807) is 60.7 Å². The highest BCUT2D eigenvalue weighted by Crippen LogP contribution is 2.34. The number of nitrogens with one attached hydrogen (secondary N) is 2. The van der Waals surface area contributed by atoms with Crippen molar-refractivity contribution in [2.45, 2.75) is 16.3 Å². The van der Waals surface area contributed by atoms with Crippen LogP contribution < -0.4 is 25.8 Å². The van der Waals surface area contributed by atoms with Crippen LogP contribution in [-0.2, 0) is 21.2 Å². The van der Waals surface area contributed by atoms with E-state index in [0.717, 1.165) is 4.68 Å². The molecule has 1 aromatic heterocycles. The summed E-state index contributed by atoms with van der Waals surface area (Å²) in [5.41, 5.74) is 7.34. The lowest BCUT2D eigenvalue weighted by molar-refractivity contribution is -0.116. The molecule has 3 aromatic carbocycles. The Morgan fingerprint density at radius 3 is 2.19 bits per heavy atom. The minimum atomic E-state index is -4.04. The van der Waals surface area contributed by atoms with E-state index in [1.807, 2.05) is 6.07 Å². The summed E-state index contributed by atoms with van der Waals surface area (Å²) in [5, 5.41) is 10.1. The summed E-state index contributed by atoms with van der Waals surface area (Å²) in [7, 11) is -1.04. The zero-order valence-corrected chi connectivity index (χ0v) is 20.5. The molecular formula is C25H25N5O5S. The van der Waals surface area contributed by atoms with E-state index < -0.39 is 15.7 Å². The largest absolute Gasteiger partial charge is 0.493 e. The second-order valence-electron chi connectivity index (χ2n) is 7.65. The number of benzene rings is 3. The molecule has 0 bridgehead atoms. The van der Waals surface area contributed by atoms with Gasteiger partial charge in [-0.1, -0.05) is 36.4 Å². The predicted molar refractivity (Wildman–Crippen MR) is 136 cm³/mol. The highest BCUT2D eigenvalue weighted by Gasteiger charge is 2.30. The molecule has 186 valence electrons. The fraction of sp³-hybridized carbons (Fsp3) is 0.120. The number of carbonyl (C=O) groups is 1. The summed E-state index contributed by atoms with van der Waals surface area (Å²) in [6, 6.07) is 21.8. The quantitative estimate of drug-likeness (QED) is 0.312. The average molecular weight is 508 g/mol. The molecule has 0 spiro atoms. The Hall–Kier alpha value is -4.51. The van der Waals surface area contributed by atoms with E-state index in [9.17, 15) is 13.2 Å². The highest BCUT2D eigenvalue weighted by atomic mass is 32.2. The molecule has 4 N–H and O–H groups in total. The summed E-state index contributed by atoms with van der Waals surface area (Å²) in [5.74, 6) is 0.339. The molecule has 0 aliphatic heterocycles. The van der Waals surface area contributed by atoms with Crippen molar-refractivity contribution in [3.8, 4) is 11.5 Å². The third kappa shape index (κ3) is 5.10. The number of rotatable bonds is 9. The summed E-state index contributed by atoms with van der Waals surface area (Å²) in [4.78, 5) is 12.7. The molecule has 0 fully saturated rings. The number of sulfone groups is 1. The van der Waals surface area contributed by atoms with Gasteiger partial charge < -0.3 is 25.8 Å². The number of nitrogens with two attached hydrogens (primary N) is 1. The maximum Gasteiger partial charge on any atom is 0.246 e. The van der Waals surface area contributed by atoms with Gasteiger partial charge in [0.05, 0.1) is 19.1 Å². The first-order valence-corrected chi connectivity index (χ1v) is 12.3. The lowest BCUT2D eigenvalue weighted by Gasteiger charge is -2.11. The van der Waals surface area contributed by atoms with E-state index in [0.29, 0.717) is 22.9 Å². The molecule has 36 heavy (non-hydrogen) atoms. The number of amides is 1. The molecule has 0 aliphatic rings. The molecule has 0 unspecified atom stereocenters. The Morgan fingerprint density at radius 2 is 1.56 bits per heavy atom. The monoisotopic (exact) mass is 507 g/mol. The molecule has 0 atom stereocenters. The van der Waals surface area contributed by atoms with E-state index >= 15 is 0 Å². The van der Waals surface area contributed by atoms with Gasteiger partial charge in [0, 0.05) is 17.4 Å². The minimum Gasteiger partial charge on any atom is -0.493 e. The number of hydrogen-bond acceptors (Lipinski definition) is 8.